The van der Waals surface area contributed by atoms with Gasteiger partial charge in [0.1, 0.15) is 5.82 Å². The molecule has 0 aliphatic carbocycles. The van der Waals surface area contributed by atoms with Crippen molar-refractivity contribution in [3.05, 3.63) is 66.8 Å². The molecule has 1 heterocycles. The Morgan fingerprint density at radius 2 is 2.06 bits per heavy atom. The summed E-state index contributed by atoms with van der Waals surface area (Å²) in [4.78, 5) is 4.43. The number of hydrogen-bond acceptors (Lipinski definition) is 1. The predicted octanol–water partition coefficient (Wildman–Crippen LogP) is 3.71. The van der Waals surface area contributed by atoms with Gasteiger partial charge in [-0.1, -0.05) is 36.4 Å². The SMILES string of the molecule is Br.C=CCC(c1ccccc1)c1nccn1C. The molecule has 0 aliphatic rings. The van der Waals surface area contributed by atoms with Gasteiger partial charge in [0.25, 0.3) is 0 Å². The van der Waals surface area contributed by atoms with Crippen molar-refractivity contribution < 1.29 is 0 Å². The summed E-state index contributed by atoms with van der Waals surface area (Å²) in [6.07, 6.45) is 6.68. The van der Waals surface area contributed by atoms with Crippen LogP contribution in [0.4, 0.5) is 0 Å². The fraction of sp³-hybridized carbons (Fsp3) is 0.214. The van der Waals surface area contributed by atoms with Crippen molar-refractivity contribution in [2.45, 2.75) is 12.3 Å². The lowest BCUT2D eigenvalue weighted by atomic mass is 9.95. The Morgan fingerprint density at radius 1 is 1.35 bits per heavy atom. The molecule has 2 aromatic rings. The number of hydrogen-bond donors (Lipinski definition) is 0. The van der Waals surface area contributed by atoms with Crippen LogP contribution in [0.3, 0.4) is 0 Å². The van der Waals surface area contributed by atoms with Crippen molar-refractivity contribution in [1.82, 2.24) is 9.55 Å². The molecule has 2 rings (SSSR count). The molecular weight excluding hydrogens is 276 g/mol. The zero-order valence-corrected chi connectivity index (χ0v) is 11.6. The number of nitrogens with zero attached hydrogens (tertiary/aromatic N) is 2. The second-order valence-corrected chi connectivity index (χ2v) is 3.88. The predicted molar refractivity (Wildman–Crippen MR) is 76.6 cm³/mol. The van der Waals surface area contributed by atoms with E-state index >= 15 is 0 Å². The molecule has 1 aromatic heterocycles. The average molecular weight is 293 g/mol. The first-order chi connectivity index (χ1) is 7.83. The van der Waals surface area contributed by atoms with E-state index in [1.807, 2.05) is 31.6 Å². The normalized spacial score (nSPS) is 11.6. The van der Waals surface area contributed by atoms with Gasteiger partial charge in [0, 0.05) is 25.4 Å². The minimum atomic E-state index is 0. The van der Waals surface area contributed by atoms with E-state index in [9.17, 15) is 0 Å². The third kappa shape index (κ3) is 3.07. The minimum absolute atomic E-state index is 0. The van der Waals surface area contributed by atoms with E-state index in [-0.39, 0.29) is 17.0 Å². The van der Waals surface area contributed by atoms with Crippen LogP contribution in [0.25, 0.3) is 0 Å². The van der Waals surface area contributed by atoms with Crippen molar-refractivity contribution >= 4 is 17.0 Å². The molecule has 90 valence electrons. The van der Waals surface area contributed by atoms with Crippen LogP contribution in [-0.2, 0) is 7.05 Å². The molecule has 0 spiro atoms. The summed E-state index contributed by atoms with van der Waals surface area (Å²) in [5, 5.41) is 0. The molecule has 0 amide bonds. The molecular formula is C14H17BrN2. The van der Waals surface area contributed by atoms with Crippen molar-refractivity contribution in [3.8, 4) is 0 Å². The highest BCUT2D eigenvalue weighted by molar-refractivity contribution is 8.93. The molecule has 1 aromatic carbocycles. The maximum absolute atomic E-state index is 4.43. The lowest BCUT2D eigenvalue weighted by Gasteiger charge is -2.15. The first-order valence-corrected chi connectivity index (χ1v) is 5.46. The molecule has 0 radical (unpaired) electrons. The van der Waals surface area contributed by atoms with Gasteiger partial charge in [-0.05, 0) is 12.0 Å². The van der Waals surface area contributed by atoms with Crippen LogP contribution in [0.1, 0.15) is 23.7 Å². The largest absolute Gasteiger partial charge is 0.337 e. The molecule has 0 saturated carbocycles. The van der Waals surface area contributed by atoms with Gasteiger partial charge in [-0.15, -0.1) is 23.6 Å². The topological polar surface area (TPSA) is 17.8 Å². The minimum Gasteiger partial charge on any atom is -0.337 e. The van der Waals surface area contributed by atoms with Crippen molar-refractivity contribution in [1.29, 1.82) is 0 Å². The van der Waals surface area contributed by atoms with E-state index in [4.69, 9.17) is 0 Å². The summed E-state index contributed by atoms with van der Waals surface area (Å²) in [5.74, 6) is 1.39. The molecule has 17 heavy (non-hydrogen) atoms. The van der Waals surface area contributed by atoms with E-state index in [2.05, 4.69) is 40.4 Å². The third-order valence-corrected chi connectivity index (χ3v) is 2.77. The van der Waals surface area contributed by atoms with E-state index in [1.165, 1.54) is 5.56 Å². The third-order valence-electron chi connectivity index (χ3n) is 2.77. The smallest absolute Gasteiger partial charge is 0.116 e. The molecule has 0 saturated heterocycles. The van der Waals surface area contributed by atoms with E-state index in [0.29, 0.717) is 5.92 Å². The first kappa shape index (κ1) is 13.7. The summed E-state index contributed by atoms with van der Waals surface area (Å²) in [6, 6.07) is 10.4. The second-order valence-electron chi connectivity index (χ2n) is 3.88. The van der Waals surface area contributed by atoms with E-state index in [0.717, 1.165) is 12.2 Å². The lowest BCUT2D eigenvalue weighted by Crippen LogP contribution is -2.07. The van der Waals surface area contributed by atoms with Crippen LogP contribution in [0.15, 0.2) is 55.4 Å². The number of imidazole rings is 1. The Kier molecular flexibility index (Phi) is 5.16. The Morgan fingerprint density at radius 3 is 2.59 bits per heavy atom. The molecule has 0 N–H and O–H groups in total. The Balaban J connectivity index is 0.00000144. The number of allylic oxidation sites excluding steroid dienone is 1. The Bertz CT molecular complexity index is 462. The summed E-state index contributed by atoms with van der Waals surface area (Å²) in [7, 11) is 2.03. The highest BCUT2D eigenvalue weighted by atomic mass is 79.9. The molecule has 1 atom stereocenters. The van der Waals surface area contributed by atoms with Crippen LogP contribution in [0, 0.1) is 0 Å². The van der Waals surface area contributed by atoms with Crippen molar-refractivity contribution in [2.75, 3.05) is 0 Å². The first-order valence-electron chi connectivity index (χ1n) is 5.46. The lowest BCUT2D eigenvalue weighted by molar-refractivity contribution is 0.700. The fourth-order valence-electron chi connectivity index (χ4n) is 1.96. The fourth-order valence-corrected chi connectivity index (χ4v) is 1.96. The number of aryl methyl sites for hydroxylation is 1. The van der Waals surface area contributed by atoms with Crippen molar-refractivity contribution in [2.24, 2.45) is 7.05 Å². The number of rotatable bonds is 4. The Hall–Kier alpha value is -1.35. The molecule has 1 unspecified atom stereocenters. The van der Waals surface area contributed by atoms with Crippen LogP contribution in [0.5, 0.6) is 0 Å². The van der Waals surface area contributed by atoms with Gasteiger partial charge in [0.15, 0.2) is 0 Å². The number of aromatic nitrogens is 2. The quantitative estimate of drug-likeness (QED) is 0.786. The molecule has 0 bridgehead atoms. The van der Waals surface area contributed by atoms with Gasteiger partial charge in [0.05, 0.1) is 0 Å². The van der Waals surface area contributed by atoms with Gasteiger partial charge >= 0.3 is 0 Å². The molecule has 0 fully saturated rings. The maximum atomic E-state index is 4.43. The summed E-state index contributed by atoms with van der Waals surface area (Å²) in [5.41, 5.74) is 1.29. The van der Waals surface area contributed by atoms with E-state index in [1.54, 1.807) is 0 Å². The summed E-state index contributed by atoms with van der Waals surface area (Å²) in [6.45, 7) is 3.83. The van der Waals surface area contributed by atoms with Crippen molar-refractivity contribution in [3.63, 3.8) is 0 Å². The zero-order chi connectivity index (χ0) is 11.4. The monoisotopic (exact) mass is 292 g/mol. The maximum Gasteiger partial charge on any atom is 0.116 e. The summed E-state index contributed by atoms with van der Waals surface area (Å²) >= 11 is 0. The number of halogens is 1. The zero-order valence-electron chi connectivity index (χ0n) is 9.91. The van der Waals surface area contributed by atoms with Crippen LogP contribution < -0.4 is 0 Å². The molecule has 0 aliphatic heterocycles. The highest BCUT2D eigenvalue weighted by Crippen LogP contribution is 2.26. The van der Waals surface area contributed by atoms with E-state index < -0.39 is 0 Å². The standard InChI is InChI=1S/C14H16N2.BrH/c1-3-7-13(12-8-5-4-6-9-12)14-15-10-11-16(14)2;/h3-6,8-11,13H,1,7H2,2H3;1H. The van der Waals surface area contributed by atoms with Gasteiger partial charge in [0.2, 0.25) is 0 Å². The van der Waals surface area contributed by atoms with Crippen LogP contribution in [-0.4, -0.2) is 9.55 Å². The van der Waals surface area contributed by atoms with Crippen LogP contribution in [0.2, 0.25) is 0 Å². The number of benzene rings is 1. The highest BCUT2D eigenvalue weighted by Gasteiger charge is 2.16. The van der Waals surface area contributed by atoms with Gasteiger partial charge in [-0.25, -0.2) is 4.98 Å². The summed E-state index contributed by atoms with van der Waals surface area (Å²) < 4.78 is 2.07. The van der Waals surface area contributed by atoms with Crippen LogP contribution >= 0.6 is 17.0 Å². The average Bonchev–Trinajstić information content (AvgIpc) is 2.73. The molecule has 3 heteroatoms. The van der Waals surface area contributed by atoms with Gasteiger partial charge in [-0.2, -0.15) is 0 Å². The Labute approximate surface area is 113 Å². The second kappa shape index (κ2) is 6.40. The molecule has 2 nitrogen and oxygen atoms in total. The van der Waals surface area contributed by atoms with Gasteiger partial charge < -0.3 is 4.57 Å². The van der Waals surface area contributed by atoms with Gasteiger partial charge in [-0.3, -0.25) is 0 Å².